The summed E-state index contributed by atoms with van der Waals surface area (Å²) in [6.45, 7) is 6.16. The van der Waals surface area contributed by atoms with Gasteiger partial charge >= 0.3 is 0 Å². The van der Waals surface area contributed by atoms with Crippen LogP contribution < -0.4 is 11.5 Å². The summed E-state index contributed by atoms with van der Waals surface area (Å²) in [6, 6.07) is 5.07. The second kappa shape index (κ2) is 5.51. The molecule has 0 spiro atoms. The first kappa shape index (κ1) is 13.7. The number of hydrogen-bond donors (Lipinski definition) is 2. The third-order valence-electron chi connectivity index (χ3n) is 3.99. The molecule has 1 amide bonds. The van der Waals surface area contributed by atoms with Crippen LogP contribution in [0, 0.1) is 11.8 Å². The number of hydrogen-bond acceptors (Lipinski definition) is 3. The molecule has 1 aromatic rings. The fourth-order valence-corrected chi connectivity index (χ4v) is 2.75. The summed E-state index contributed by atoms with van der Waals surface area (Å²) < 4.78 is 0. The lowest BCUT2D eigenvalue weighted by atomic mass is 9.86. The van der Waals surface area contributed by atoms with Crippen molar-refractivity contribution in [3.63, 3.8) is 0 Å². The fraction of sp³-hybridized carbons (Fsp3) is 0.533. The Hall–Kier alpha value is -1.71. The van der Waals surface area contributed by atoms with E-state index in [4.69, 9.17) is 11.5 Å². The highest BCUT2D eigenvalue weighted by Crippen LogP contribution is 2.26. The predicted molar refractivity (Wildman–Crippen MR) is 78.7 cm³/mol. The fourth-order valence-electron chi connectivity index (χ4n) is 2.75. The van der Waals surface area contributed by atoms with Gasteiger partial charge in [0.25, 0.3) is 5.91 Å². The van der Waals surface area contributed by atoms with Crippen LogP contribution >= 0.6 is 0 Å². The van der Waals surface area contributed by atoms with Crippen molar-refractivity contribution in [2.45, 2.75) is 26.7 Å². The van der Waals surface area contributed by atoms with Crippen LogP contribution in [0.5, 0.6) is 0 Å². The molecule has 4 nitrogen and oxygen atoms in total. The van der Waals surface area contributed by atoms with Crippen LogP contribution in [0.4, 0.5) is 11.4 Å². The van der Waals surface area contributed by atoms with E-state index in [0.29, 0.717) is 22.9 Å². The zero-order valence-corrected chi connectivity index (χ0v) is 11.7. The van der Waals surface area contributed by atoms with Gasteiger partial charge in [-0.05, 0) is 42.9 Å². The number of piperidine rings is 1. The predicted octanol–water partition coefficient (Wildman–Crippen LogP) is 2.36. The minimum absolute atomic E-state index is 0.0428. The van der Waals surface area contributed by atoms with Crippen LogP contribution in [-0.2, 0) is 0 Å². The Kier molecular flexibility index (Phi) is 3.98. The van der Waals surface area contributed by atoms with Gasteiger partial charge in [0.2, 0.25) is 0 Å². The van der Waals surface area contributed by atoms with Gasteiger partial charge in [-0.25, -0.2) is 0 Å². The van der Waals surface area contributed by atoms with E-state index in [1.165, 1.54) is 0 Å². The monoisotopic (exact) mass is 261 g/mol. The van der Waals surface area contributed by atoms with Gasteiger partial charge in [0, 0.05) is 30.0 Å². The third kappa shape index (κ3) is 3.19. The largest absolute Gasteiger partial charge is 0.399 e. The number of rotatable bonds is 2. The number of likely N-dealkylation sites (tertiary alicyclic amines) is 1. The van der Waals surface area contributed by atoms with Gasteiger partial charge in [-0.15, -0.1) is 0 Å². The number of nitrogens with two attached hydrogens (primary N) is 2. The van der Waals surface area contributed by atoms with Crippen molar-refractivity contribution in [2.24, 2.45) is 11.8 Å². The Balaban J connectivity index is 2.05. The average Bonchev–Trinajstić information content (AvgIpc) is 2.37. The maximum absolute atomic E-state index is 12.4. The minimum Gasteiger partial charge on any atom is -0.399 e. The zero-order chi connectivity index (χ0) is 14.0. The Bertz CT molecular complexity index is 442. The van der Waals surface area contributed by atoms with Gasteiger partial charge < -0.3 is 16.4 Å². The molecule has 1 fully saturated rings. The summed E-state index contributed by atoms with van der Waals surface area (Å²) in [6.07, 6.45) is 2.17. The first-order valence-electron chi connectivity index (χ1n) is 6.92. The summed E-state index contributed by atoms with van der Waals surface area (Å²) >= 11 is 0. The van der Waals surface area contributed by atoms with E-state index in [9.17, 15) is 4.79 Å². The van der Waals surface area contributed by atoms with Crippen molar-refractivity contribution in [3.8, 4) is 0 Å². The molecule has 4 N–H and O–H groups in total. The van der Waals surface area contributed by atoms with E-state index < -0.39 is 0 Å². The van der Waals surface area contributed by atoms with Gasteiger partial charge in [-0.1, -0.05) is 13.8 Å². The Morgan fingerprint density at radius 2 is 1.68 bits per heavy atom. The summed E-state index contributed by atoms with van der Waals surface area (Å²) in [5.74, 6) is 1.47. The lowest BCUT2D eigenvalue weighted by Gasteiger charge is -2.34. The molecule has 1 aromatic carbocycles. The van der Waals surface area contributed by atoms with Crippen molar-refractivity contribution in [1.82, 2.24) is 4.90 Å². The average molecular weight is 261 g/mol. The molecule has 0 aliphatic carbocycles. The number of nitrogens with zero attached hydrogens (tertiary/aromatic N) is 1. The lowest BCUT2D eigenvalue weighted by molar-refractivity contribution is 0.0668. The molecule has 0 atom stereocenters. The Labute approximate surface area is 114 Å². The topological polar surface area (TPSA) is 72.3 Å². The molecule has 2 rings (SSSR count). The van der Waals surface area contributed by atoms with Crippen LogP contribution in [0.3, 0.4) is 0 Å². The molecule has 0 saturated carbocycles. The van der Waals surface area contributed by atoms with Crippen molar-refractivity contribution in [2.75, 3.05) is 24.6 Å². The maximum atomic E-state index is 12.4. The summed E-state index contributed by atoms with van der Waals surface area (Å²) in [7, 11) is 0. The van der Waals surface area contributed by atoms with Gasteiger partial charge in [0.05, 0.1) is 0 Å². The van der Waals surface area contributed by atoms with Crippen molar-refractivity contribution in [1.29, 1.82) is 0 Å². The number of carbonyl (C=O) groups excluding carboxylic acids is 1. The lowest BCUT2D eigenvalue weighted by Crippen LogP contribution is -2.39. The van der Waals surface area contributed by atoms with Crippen molar-refractivity contribution >= 4 is 17.3 Å². The van der Waals surface area contributed by atoms with Gasteiger partial charge in [0.15, 0.2) is 0 Å². The normalized spacial score (nSPS) is 16.9. The van der Waals surface area contributed by atoms with Crippen LogP contribution in [0.2, 0.25) is 0 Å². The Morgan fingerprint density at radius 3 is 2.16 bits per heavy atom. The highest BCUT2D eigenvalue weighted by atomic mass is 16.2. The van der Waals surface area contributed by atoms with E-state index in [-0.39, 0.29) is 5.91 Å². The van der Waals surface area contributed by atoms with Gasteiger partial charge in [-0.3, -0.25) is 4.79 Å². The van der Waals surface area contributed by atoms with Crippen LogP contribution in [0.15, 0.2) is 18.2 Å². The molecule has 0 aromatic heterocycles. The zero-order valence-electron chi connectivity index (χ0n) is 11.7. The summed E-state index contributed by atoms with van der Waals surface area (Å²) in [5, 5.41) is 0. The molecule has 1 heterocycles. The van der Waals surface area contributed by atoms with E-state index in [2.05, 4.69) is 13.8 Å². The maximum Gasteiger partial charge on any atom is 0.254 e. The molecular formula is C15H23N3O. The molecule has 0 radical (unpaired) electrons. The highest BCUT2D eigenvalue weighted by Gasteiger charge is 2.25. The molecule has 4 heteroatoms. The Morgan fingerprint density at radius 1 is 1.16 bits per heavy atom. The summed E-state index contributed by atoms with van der Waals surface area (Å²) in [4.78, 5) is 14.3. The second-order valence-corrected chi connectivity index (χ2v) is 5.76. The first-order chi connectivity index (χ1) is 8.97. The van der Waals surface area contributed by atoms with Gasteiger partial charge in [0.1, 0.15) is 0 Å². The highest BCUT2D eigenvalue weighted by molar-refractivity contribution is 5.96. The third-order valence-corrected chi connectivity index (χ3v) is 3.99. The molecule has 1 aliphatic heterocycles. The van der Waals surface area contributed by atoms with Gasteiger partial charge in [-0.2, -0.15) is 0 Å². The standard InChI is InChI=1S/C15H23N3O/c1-10(2)11-3-5-18(6-4-11)15(19)12-7-13(16)9-14(17)8-12/h7-11H,3-6,16-17H2,1-2H3. The molecule has 0 unspecified atom stereocenters. The SMILES string of the molecule is CC(C)C1CCN(C(=O)c2cc(N)cc(N)c2)CC1. The molecular weight excluding hydrogens is 238 g/mol. The summed E-state index contributed by atoms with van der Waals surface area (Å²) in [5.41, 5.74) is 13.2. The van der Waals surface area contributed by atoms with E-state index in [1.807, 2.05) is 4.90 Å². The number of benzene rings is 1. The van der Waals surface area contributed by atoms with E-state index in [1.54, 1.807) is 18.2 Å². The van der Waals surface area contributed by atoms with Crippen molar-refractivity contribution < 1.29 is 4.79 Å². The number of amides is 1. The second-order valence-electron chi connectivity index (χ2n) is 5.76. The molecule has 1 saturated heterocycles. The molecule has 0 bridgehead atoms. The van der Waals surface area contributed by atoms with Crippen LogP contribution in [0.25, 0.3) is 0 Å². The number of nitrogen functional groups attached to an aromatic ring is 2. The minimum atomic E-state index is 0.0428. The quantitative estimate of drug-likeness (QED) is 0.803. The first-order valence-corrected chi connectivity index (χ1v) is 6.92. The molecule has 104 valence electrons. The van der Waals surface area contributed by atoms with Crippen LogP contribution in [0.1, 0.15) is 37.0 Å². The number of carbonyl (C=O) groups is 1. The molecule has 1 aliphatic rings. The smallest absolute Gasteiger partial charge is 0.254 e. The molecule has 19 heavy (non-hydrogen) atoms. The van der Waals surface area contributed by atoms with Crippen molar-refractivity contribution in [3.05, 3.63) is 23.8 Å². The van der Waals surface area contributed by atoms with E-state index in [0.717, 1.165) is 31.8 Å². The van der Waals surface area contributed by atoms with E-state index >= 15 is 0 Å². The number of anilines is 2. The van der Waals surface area contributed by atoms with Crippen LogP contribution in [-0.4, -0.2) is 23.9 Å².